The molecule has 0 bridgehead atoms. The van der Waals surface area contributed by atoms with E-state index in [-0.39, 0.29) is 6.03 Å². The zero-order valence-corrected chi connectivity index (χ0v) is 15.6. The number of anilines is 1. The lowest BCUT2D eigenvalue weighted by Gasteiger charge is -2.34. The number of ether oxygens (including phenoxy) is 1. The van der Waals surface area contributed by atoms with Gasteiger partial charge in [-0.3, -0.25) is 4.90 Å². The zero-order valence-electron chi connectivity index (χ0n) is 15.6. The number of furan rings is 1. The van der Waals surface area contributed by atoms with E-state index in [1.54, 1.807) is 6.26 Å². The molecule has 0 radical (unpaired) electrons. The fraction of sp³-hybridized carbons (Fsp3) is 0.227. The van der Waals surface area contributed by atoms with Crippen LogP contribution < -0.4 is 10.1 Å². The normalized spacial score (nSPS) is 14.6. The van der Waals surface area contributed by atoms with Crippen molar-refractivity contribution in [2.75, 3.05) is 31.5 Å². The highest BCUT2D eigenvalue weighted by Gasteiger charge is 2.21. The van der Waals surface area contributed by atoms with Crippen molar-refractivity contribution in [3.8, 4) is 11.5 Å². The molecular weight excluding hydrogens is 354 g/mol. The number of hydrogen-bond acceptors (Lipinski definition) is 4. The van der Waals surface area contributed by atoms with E-state index in [0.717, 1.165) is 42.6 Å². The summed E-state index contributed by atoms with van der Waals surface area (Å²) in [5, 5.41) is 2.96. The van der Waals surface area contributed by atoms with E-state index in [4.69, 9.17) is 9.15 Å². The summed E-state index contributed by atoms with van der Waals surface area (Å²) in [7, 11) is 0. The number of carbonyl (C=O) groups is 1. The largest absolute Gasteiger partial charge is 0.468 e. The van der Waals surface area contributed by atoms with Gasteiger partial charge in [0.05, 0.1) is 12.8 Å². The molecular formula is C22H23N3O3. The predicted molar refractivity (Wildman–Crippen MR) is 108 cm³/mol. The second kappa shape index (κ2) is 8.63. The number of amides is 2. The number of rotatable bonds is 5. The molecule has 2 amide bonds. The molecule has 6 heteroatoms. The highest BCUT2D eigenvalue weighted by molar-refractivity contribution is 5.89. The van der Waals surface area contributed by atoms with Gasteiger partial charge in [0.1, 0.15) is 17.3 Å². The molecule has 0 atom stereocenters. The topological polar surface area (TPSA) is 58.0 Å². The average molecular weight is 377 g/mol. The Hall–Kier alpha value is -3.25. The van der Waals surface area contributed by atoms with E-state index >= 15 is 0 Å². The average Bonchev–Trinajstić information content (AvgIpc) is 3.24. The van der Waals surface area contributed by atoms with Crippen LogP contribution in [0.2, 0.25) is 0 Å². The second-order valence-electron chi connectivity index (χ2n) is 6.71. The second-order valence-corrected chi connectivity index (χ2v) is 6.71. The van der Waals surface area contributed by atoms with Crippen molar-refractivity contribution in [2.45, 2.75) is 6.54 Å². The summed E-state index contributed by atoms with van der Waals surface area (Å²) >= 11 is 0. The van der Waals surface area contributed by atoms with Gasteiger partial charge in [0.2, 0.25) is 0 Å². The third-order valence-corrected chi connectivity index (χ3v) is 4.70. The summed E-state index contributed by atoms with van der Waals surface area (Å²) in [6, 6.07) is 20.8. The van der Waals surface area contributed by atoms with Crippen LogP contribution in [0.15, 0.2) is 77.4 Å². The molecule has 1 aliphatic heterocycles. The Balaban J connectivity index is 1.26. The lowest BCUT2D eigenvalue weighted by atomic mass is 10.3. The minimum absolute atomic E-state index is 0.0747. The fourth-order valence-electron chi connectivity index (χ4n) is 3.17. The standard InChI is InChI=1S/C22H23N3O3/c26-22(25-14-12-24(13-15-25)17-21-7-4-16-27-21)23-18-8-10-20(11-9-18)28-19-5-2-1-3-6-19/h1-11,16H,12-15,17H2,(H,23,26). The van der Waals surface area contributed by atoms with Crippen LogP contribution in [0.1, 0.15) is 5.76 Å². The third-order valence-electron chi connectivity index (χ3n) is 4.70. The first-order valence-electron chi connectivity index (χ1n) is 9.40. The van der Waals surface area contributed by atoms with Crippen LogP contribution in [0.3, 0.4) is 0 Å². The summed E-state index contributed by atoms with van der Waals surface area (Å²) in [4.78, 5) is 16.6. The molecule has 1 saturated heterocycles. The Labute approximate surface area is 164 Å². The van der Waals surface area contributed by atoms with E-state index in [0.29, 0.717) is 13.1 Å². The van der Waals surface area contributed by atoms with Crippen molar-refractivity contribution in [1.82, 2.24) is 9.80 Å². The number of para-hydroxylation sites is 1. The SMILES string of the molecule is O=C(Nc1ccc(Oc2ccccc2)cc1)N1CCN(Cc2ccco2)CC1. The molecule has 0 aliphatic carbocycles. The highest BCUT2D eigenvalue weighted by Crippen LogP contribution is 2.22. The van der Waals surface area contributed by atoms with Crippen LogP contribution in [0.4, 0.5) is 10.5 Å². The number of piperazine rings is 1. The molecule has 1 fully saturated rings. The van der Waals surface area contributed by atoms with Gasteiger partial charge in [-0.2, -0.15) is 0 Å². The van der Waals surface area contributed by atoms with Crippen molar-refractivity contribution < 1.29 is 13.9 Å². The van der Waals surface area contributed by atoms with Crippen LogP contribution in [-0.2, 0) is 6.54 Å². The smallest absolute Gasteiger partial charge is 0.321 e. The first-order chi connectivity index (χ1) is 13.8. The molecule has 0 saturated carbocycles. The Bertz CT molecular complexity index is 871. The lowest BCUT2D eigenvalue weighted by Crippen LogP contribution is -2.49. The minimum atomic E-state index is -0.0747. The first kappa shape index (κ1) is 18.1. The summed E-state index contributed by atoms with van der Waals surface area (Å²) in [6.07, 6.45) is 1.69. The summed E-state index contributed by atoms with van der Waals surface area (Å²) < 4.78 is 11.2. The van der Waals surface area contributed by atoms with Crippen LogP contribution in [0.25, 0.3) is 0 Å². The van der Waals surface area contributed by atoms with E-state index < -0.39 is 0 Å². The van der Waals surface area contributed by atoms with Gasteiger partial charge >= 0.3 is 6.03 Å². The Morgan fingerprint density at radius 2 is 1.61 bits per heavy atom. The van der Waals surface area contributed by atoms with Gasteiger partial charge in [-0.15, -0.1) is 0 Å². The first-order valence-corrected chi connectivity index (χ1v) is 9.40. The molecule has 1 N–H and O–H groups in total. The summed E-state index contributed by atoms with van der Waals surface area (Å²) in [5.41, 5.74) is 0.753. The maximum atomic E-state index is 12.5. The monoisotopic (exact) mass is 377 g/mol. The van der Waals surface area contributed by atoms with Gasteiger partial charge in [-0.05, 0) is 48.5 Å². The molecule has 28 heavy (non-hydrogen) atoms. The Morgan fingerprint density at radius 1 is 0.893 bits per heavy atom. The van der Waals surface area contributed by atoms with Gasteiger partial charge in [-0.1, -0.05) is 18.2 Å². The number of benzene rings is 2. The Kier molecular flexibility index (Phi) is 5.58. The van der Waals surface area contributed by atoms with E-state index in [1.807, 2.05) is 71.6 Å². The lowest BCUT2D eigenvalue weighted by molar-refractivity contribution is 0.137. The molecule has 3 aromatic rings. The molecule has 4 rings (SSSR count). The maximum absolute atomic E-state index is 12.5. The molecule has 1 aliphatic rings. The van der Waals surface area contributed by atoms with E-state index in [2.05, 4.69) is 10.2 Å². The van der Waals surface area contributed by atoms with Crippen molar-refractivity contribution >= 4 is 11.7 Å². The highest BCUT2D eigenvalue weighted by atomic mass is 16.5. The van der Waals surface area contributed by atoms with Crippen LogP contribution >= 0.6 is 0 Å². The predicted octanol–water partition coefficient (Wildman–Crippen LogP) is 4.42. The van der Waals surface area contributed by atoms with Crippen LogP contribution in [-0.4, -0.2) is 42.0 Å². The molecule has 0 unspecified atom stereocenters. The van der Waals surface area contributed by atoms with Gasteiger partial charge in [0.25, 0.3) is 0 Å². The minimum Gasteiger partial charge on any atom is -0.468 e. The fourth-order valence-corrected chi connectivity index (χ4v) is 3.17. The van der Waals surface area contributed by atoms with Gasteiger partial charge < -0.3 is 19.4 Å². The quantitative estimate of drug-likeness (QED) is 0.715. The molecule has 0 spiro atoms. The third kappa shape index (κ3) is 4.72. The van der Waals surface area contributed by atoms with Crippen LogP contribution in [0.5, 0.6) is 11.5 Å². The van der Waals surface area contributed by atoms with Gasteiger partial charge in [-0.25, -0.2) is 4.79 Å². The molecule has 6 nitrogen and oxygen atoms in total. The van der Waals surface area contributed by atoms with Crippen molar-refractivity contribution in [3.63, 3.8) is 0 Å². The number of carbonyl (C=O) groups excluding carboxylic acids is 1. The number of nitrogens with one attached hydrogen (secondary N) is 1. The zero-order chi connectivity index (χ0) is 19.2. The van der Waals surface area contributed by atoms with Crippen molar-refractivity contribution in [1.29, 1.82) is 0 Å². The number of nitrogens with zero attached hydrogens (tertiary/aromatic N) is 2. The van der Waals surface area contributed by atoms with Crippen molar-refractivity contribution in [2.24, 2.45) is 0 Å². The molecule has 144 valence electrons. The Morgan fingerprint density at radius 3 is 2.29 bits per heavy atom. The van der Waals surface area contributed by atoms with Crippen molar-refractivity contribution in [3.05, 3.63) is 78.8 Å². The summed E-state index contributed by atoms with van der Waals surface area (Å²) in [6.45, 7) is 3.84. The molecule has 1 aromatic heterocycles. The molecule has 2 aromatic carbocycles. The van der Waals surface area contributed by atoms with Gasteiger partial charge in [0.15, 0.2) is 0 Å². The van der Waals surface area contributed by atoms with Crippen LogP contribution in [0, 0.1) is 0 Å². The van der Waals surface area contributed by atoms with E-state index in [9.17, 15) is 4.79 Å². The maximum Gasteiger partial charge on any atom is 0.321 e. The van der Waals surface area contributed by atoms with E-state index in [1.165, 1.54) is 0 Å². The molecule has 2 heterocycles. The number of urea groups is 1. The van der Waals surface area contributed by atoms with Gasteiger partial charge in [0, 0.05) is 31.9 Å². The summed E-state index contributed by atoms with van der Waals surface area (Å²) in [5.74, 6) is 2.47. The number of hydrogen-bond donors (Lipinski definition) is 1.